The normalized spacial score (nSPS) is 10.8. The van der Waals surface area contributed by atoms with Crippen molar-refractivity contribution < 1.29 is 0 Å². The van der Waals surface area contributed by atoms with Gasteiger partial charge in [0.1, 0.15) is 0 Å². The molecule has 4 heteroatoms. The van der Waals surface area contributed by atoms with E-state index in [1.807, 2.05) is 47.1 Å². The zero-order valence-electron chi connectivity index (χ0n) is 8.34. The Morgan fingerprint density at radius 1 is 1.19 bits per heavy atom. The minimum Gasteiger partial charge on any atom is -0.291 e. The summed E-state index contributed by atoms with van der Waals surface area (Å²) in [4.78, 5) is 8.59. The van der Waals surface area contributed by atoms with Crippen LogP contribution in [-0.2, 0) is 0 Å². The van der Waals surface area contributed by atoms with E-state index in [2.05, 4.69) is 9.97 Å². The molecule has 0 aliphatic heterocycles. The molecule has 0 saturated carbocycles. The van der Waals surface area contributed by atoms with Crippen LogP contribution in [0.15, 0.2) is 48.9 Å². The molecule has 0 aliphatic rings. The first kappa shape index (κ1) is 9.36. The zero-order valence-corrected chi connectivity index (χ0v) is 9.09. The van der Waals surface area contributed by atoms with E-state index in [9.17, 15) is 0 Å². The Morgan fingerprint density at radius 2 is 2.12 bits per heavy atom. The van der Waals surface area contributed by atoms with E-state index in [-0.39, 0.29) is 0 Å². The molecule has 0 fully saturated rings. The predicted molar refractivity (Wildman–Crippen MR) is 63.4 cm³/mol. The predicted octanol–water partition coefficient (Wildman–Crippen LogP) is 3.05. The molecule has 0 N–H and O–H groups in total. The first-order valence-electron chi connectivity index (χ1n) is 4.88. The van der Waals surface area contributed by atoms with E-state index in [0.717, 1.165) is 11.3 Å². The number of halogens is 1. The third-order valence-electron chi connectivity index (χ3n) is 2.36. The summed E-state index contributed by atoms with van der Waals surface area (Å²) in [5.74, 6) is 0.692. The van der Waals surface area contributed by atoms with Crippen molar-refractivity contribution >= 4 is 17.4 Å². The smallest absolute Gasteiger partial charge is 0.234 e. The molecule has 78 valence electrons. The number of hydrogen-bond donors (Lipinski definition) is 0. The number of hydrogen-bond acceptors (Lipinski definition) is 2. The fourth-order valence-electron chi connectivity index (χ4n) is 1.62. The van der Waals surface area contributed by atoms with Gasteiger partial charge in [-0.1, -0.05) is 23.7 Å². The molecule has 0 amide bonds. The van der Waals surface area contributed by atoms with Gasteiger partial charge in [0.05, 0.1) is 5.69 Å². The van der Waals surface area contributed by atoms with E-state index < -0.39 is 0 Å². The number of nitrogens with zero attached hydrogens (tertiary/aromatic N) is 3. The lowest BCUT2D eigenvalue weighted by atomic mass is 10.2. The Hall–Kier alpha value is -1.87. The largest absolute Gasteiger partial charge is 0.291 e. The summed E-state index contributed by atoms with van der Waals surface area (Å²) in [7, 11) is 0. The molecule has 0 bridgehead atoms. The van der Waals surface area contributed by atoms with E-state index in [0.29, 0.717) is 10.8 Å². The standard InChI is InChI=1S/C12H8ClN3/c13-10-4-1-3-9(7-10)11-8-16-6-2-5-14-12(16)15-11/h1-8H. The summed E-state index contributed by atoms with van der Waals surface area (Å²) >= 11 is 5.94. The van der Waals surface area contributed by atoms with Gasteiger partial charge < -0.3 is 0 Å². The lowest BCUT2D eigenvalue weighted by Crippen LogP contribution is -1.82. The third-order valence-corrected chi connectivity index (χ3v) is 2.59. The molecule has 0 aliphatic carbocycles. The monoisotopic (exact) mass is 229 g/mol. The average molecular weight is 230 g/mol. The summed E-state index contributed by atoms with van der Waals surface area (Å²) < 4.78 is 1.89. The second-order valence-electron chi connectivity index (χ2n) is 3.46. The highest BCUT2D eigenvalue weighted by Gasteiger charge is 2.04. The van der Waals surface area contributed by atoms with Crippen LogP contribution in [0.2, 0.25) is 5.02 Å². The van der Waals surface area contributed by atoms with Crippen LogP contribution < -0.4 is 0 Å². The third kappa shape index (κ3) is 1.55. The number of fused-ring (bicyclic) bond motifs is 1. The van der Waals surface area contributed by atoms with Crippen molar-refractivity contribution in [3.63, 3.8) is 0 Å². The maximum atomic E-state index is 5.94. The highest BCUT2D eigenvalue weighted by molar-refractivity contribution is 6.30. The van der Waals surface area contributed by atoms with E-state index in [4.69, 9.17) is 11.6 Å². The fraction of sp³-hybridized carbons (Fsp3) is 0. The average Bonchev–Trinajstić information content (AvgIpc) is 2.72. The zero-order chi connectivity index (χ0) is 11.0. The molecule has 0 radical (unpaired) electrons. The van der Waals surface area contributed by atoms with Crippen LogP contribution in [0.4, 0.5) is 0 Å². The Morgan fingerprint density at radius 3 is 2.94 bits per heavy atom. The van der Waals surface area contributed by atoms with Gasteiger partial charge in [-0.15, -0.1) is 0 Å². The van der Waals surface area contributed by atoms with Gasteiger partial charge in [0.15, 0.2) is 0 Å². The van der Waals surface area contributed by atoms with Crippen LogP contribution in [-0.4, -0.2) is 14.4 Å². The highest BCUT2D eigenvalue weighted by atomic mass is 35.5. The minimum absolute atomic E-state index is 0.692. The highest BCUT2D eigenvalue weighted by Crippen LogP contribution is 2.21. The molecule has 3 aromatic rings. The molecule has 0 atom stereocenters. The van der Waals surface area contributed by atoms with Crippen molar-refractivity contribution in [1.29, 1.82) is 0 Å². The van der Waals surface area contributed by atoms with Crippen molar-refractivity contribution in [2.24, 2.45) is 0 Å². The molecule has 0 spiro atoms. The summed E-state index contributed by atoms with van der Waals surface area (Å²) in [5.41, 5.74) is 1.87. The number of rotatable bonds is 1. The number of imidazole rings is 1. The lowest BCUT2D eigenvalue weighted by molar-refractivity contribution is 1.11. The van der Waals surface area contributed by atoms with Gasteiger partial charge in [-0.3, -0.25) is 4.40 Å². The summed E-state index contributed by atoms with van der Waals surface area (Å²) in [6.45, 7) is 0. The van der Waals surface area contributed by atoms with Crippen molar-refractivity contribution in [2.75, 3.05) is 0 Å². The Balaban J connectivity index is 2.19. The van der Waals surface area contributed by atoms with E-state index in [1.165, 1.54) is 0 Å². The van der Waals surface area contributed by atoms with E-state index in [1.54, 1.807) is 6.20 Å². The van der Waals surface area contributed by atoms with Crippen LogP contribution in [0.3, 0.4) is 0 Å². The fourth-order valence-corrected chi connectivity index (χ4v) is 1.81. The van der Waals surface area contributed by atoms with Gasteiger partial charge >= 0.3 is 0 Å². The molecule has 1 aromatic carbocycles. The summed E-state index contributed by atoms with van der Waals surface area (Å²) in [6, 6.07) is 9.50. The molecule has 2 heterocycles. The summed E-state index contributed by atoms with van der Waals surface area (Å²) in [6.07, 6.45) is 5.58. The van der Waals surface area contributed by atoms with Crippen LogP contribution in [0.5, 0.6) is 0 Å². The van der Waals surface area contributed by atoms with Gasteiger partial charge in [0, 0.05) is 29.2 Å². The van der Waals surface area contributed by atoms with Crippen molar-refractivity contribution in [3.8, 4) is 11.3 Å². The maximum Gasteiger partial charge on any atom is 0.234 e. The van der Waals surface area contributed by atoms with E-state index >= 15 is 0 Å². The van der Waals surface area contributed by atoms with Crippen molar-refractivity contribution in [1.82, 2.24) is 14.4 Å². The topological polar surface area (TPSA) is 30.2 Å². The van der Waals surface area contributed by atoms with Crippen LogP contribution in [0, 0.1) is 0 Å². The molecule has 3 rings (SSSR count). The molecule has 0 unspecified atom stereocenters. The second-order valence-corrected chi connectivity index (χ2v) is 3.90. The maximum absolute atomic E-state index is 5.94. The second kappa shape index (κ2) is 3.61. The molecule has 0 saturated heterocycles. The molecule has 16 heavy (non-hydrogen) atoms. The van der Waals surface area contributed by atoms with Gasteiger partial charge in [0.25, 0.3) is 0 Å². The summed E-state index contributed by atoms with van der Waals surface area (Å²) in [5, 5.41) is 0.711. The van der Waals surface area contributed by atoms with Gasteiger partial charge in [-0.25, -0.2) is 9.97 Å². The minimum atomic E-state index is 0.692. The molecular weight excluding hydrogens is 222 g/mol. The van der Waals surface area contributed by atoms with Crippen LogP contribution >= 0.6 is 11.6 Å². The van der Waals surface area contributed by atoms with Crippen LogP contribution in [0.1, 0.15) is 0 Å². The first-order valence-corrected chi connectivity index (χ1v) is 5.26. The molecular formula is C12H8ClN3. The first-order chi connectivity index (χ1) is 7.83. The lowest BCUT2D eigenvalue weighted by Gasteiger charge is -1.95. The Labute approximate surface area is 97.3 Å². The molecule has 3 nitrogen and oxygen atoms in total. The number of aromatic nitrogens is 3. The van der Waals surface area contributed by atoms with Gasteiger partial charge in [0.2, 0.25) is 5.78 Å². The van der Waals surface area contributed by atoms with Crippen molar-refractivity contribution in [2.45, 2.75) is 0 Å². The SMILES string of the molecule is Clc1cccc(-c2cn3cccnc3n2)c1. The van der Waals surface area contributed by atoms with Crippen LogP contribution in [0.25, 0.3) is 17.0 Å². The quantitative estimate of drug-likeness (QED) is 0.642. The van der Waals surface area contributed by atoms with Crippen molar-refractivity contribution in [3.05, 3.63) is 53.9 Å². The molecule has 2 aromatic heterocycles. The van der Waals surface area contributed by atoms with Gasteiger partial charge in [-0.2, -0.15) is 0 Å². The number of benzene rings is 1. The Bertz CT molecular complexity index is 612. The Kier molecular flexibility index (Phi) is 2.11. The van der Waals surface area contributed by atoms with Gasteiger partial charge in [-0.05, 0) is 18.2 Å².